The molecule has 0 unspecified atom stereocenters. The van der Waals surface area contributed by atoms with Crippen LogP contribution < -0.4 is 5.32 Å². The summed E-state index contributed by atoms with van der Waals surface area (Å²) in [6, 6.07) is 8.22. The molecule has 0 atom stereocenters. The number of carbonyl (C=O) groups excluding carboxylic acids is 1. The zero-order valence-electron chi connectivity index (χ0n) is 9.93. The minimum Gasteiger partial charge on any atom is -0.347 e. The van der Waals surface area contributed by atoms with Gasteiger partial charge < -0.3 is 5.32 Å². The van der Waals surface area contributed by atoms with E-state index in [0.717, 1.165) is 16.9 Å². The Morgan fingerprint density at radius 1 is 1.35 bits per heavy atom. The number of hydrogen-bond acceptors (Lipinski definition) is 4. The molecule has 0 fully saturated rings. The van der Waals surface area contributed by atoms with Gasteiger partial charge in [0, 0.05) is 17.6 Å². The molecular weight excluding hydrogens is 323 g/mol. The van der Waals surface area contributed by atoms with Crippen LogP contribution in [0.1, 0.15) is 15.2 Å². The van der Waals surface area contributed by atoms with Gasteiger partial charge in [-0.05, 0) is 17.7 Å². The molecule has 0 aliphatic rings. The predicted octanol–water partition coefficient (Wildman–Crippen LogP) is 3.89. The molecule has 1 aromatic heterocycles. The first kappa shape index (κ1) is 14.8. The molecule has 104 valence electrons. The molecule has 20 heavy (non-hydrogen) atoms. The predicted molar refractivity (Wildman–Crippen MR) is 78.6 cm³/mol. The zero-order valence-corrected chi connectivity index (χ0v) is 12.3. The van der Waals surface area contributed by atoms with Crippen molar-refractivity contribution >= 4 is 46.1 Å². The minimum atomic E-state index is -0.618. The number of nitrogens with zero attached hydrogens (tertiary/aromatic N) is 1. The Morgan fingerprint density at radius 3 is 2.70 bits per heavy atom. The fourth-order valence-corrected chi connectivity index (χ4v) is 2.86. The summed E-state index contributed by atoms with van der Waals surface area (Å²) < 4.78 is -0.0112. The highest BCUT2D eigenvalue weighted by atomic mass is 35.5. The van der Waals surface area contributed by atoms with E-state index in [-0.39, 0.29) is 21.4 Å². The standard InChI is InChI=1S/C12H8Cl2N2O3S/c13-8-3-1-2-7(4-8)6-15-12(17)10-5-9(16(18)19)11(14)20-10/h1-5H,6H2,(H,15,17). The maximum atomic E-state index is 11.9. The van der Waals surface area contributed by atoms with Crippen LogP contribution in [0.5, 0.6) is 0 Å². The number of carbonyl (C=O) groups is 1. The summed E-state index contributed by atoms with van der Waals surface area (Å²) in [7, 11) is 0. The summed E-state index contributed by atoms with van der Waals surface area (Å²) in [5.41, 5.74) is 0.576. The van der Waals surface area contributed by atoms with Crippen molar-refractivity contribution in [2.75, 3.05) is 0 Å². The van der Waals surface area contributed by atoms with Crippen LogP contribution in [0.4, 0.5) is 5.69 Å². The number of thiophene rings is 1. The first-order valence-corrected chi connectivity index (χ1v) is 7.01. The summed E-state index contributed by atoms with van der Waals surface area (Å²) in [6.07, 6.45) is 0. The molecule has 0 radical (unpaired) electrons. The molecule has 8 heteroatoms. The highest BCUT2D eigenvalue weighted by molar-refractivity contribution is 7.18. The lowest BCUT2D eigenvalue weighted by Gasteiger charge is -2.03. The Morgan fingerprint density at radius 2 is 2.10 bits per heavy atom. The Hall–Kier alpha value is -1.63. The van der Waals surface area contributed by atoms with E-state index in [9.17, 15) is 14.9 Å². The topological polar surface area (TPSA) is 72.2 Å². The van der Waals surface area contributed by atoms with Gasteiger partial charge >= 0.3 is 0 Å². The Labute approximate surface area is 128 Å². The van der Waals surface area contributed by atoms with Gasteiger partial charge in [-0.1, -0.05) is 35.3 Å². The number of hydrogen-bond donors (Lipinski definition) is 1. The van der Waals surface area contributed by atoms with Gasteiger partial charge in [-0.3, -0.25) is 14.9 Å². The maximum absolute atomic E-state index is 11.9. The lowest BCUT2D eigenvalue weighted by Crippen LogP contribution is -2.21. The van der Waals surface area contributed by atoms with Crippen molar-refractivity contribution in [2.45, 2.75) is 6.54 Å². The van der Waals surface area contributed by atoms with Crippen LogP contribution in [0.25, 0.3) is 0 Å². The van der Waals surface area contributed by atoms with Crippen LogP contribution in [-0.2, 0) is 6.54 Å². The van der Waals surface area contributed by atoms with Crippen molar-refractivity contribution in [2.24, 2.45) is 0 Å². The smallest absolute Gasteiger partial charge is 0.299 e. The van der Waals surface area contributed by atoms with E-state index in [1.54, 1.807) is 18.2 Å². The van der Waals surface area contributed by atoms with Gasteiger partial charge in [0.05, 0.1) is 4.92 Å². The first-order chi connectivity index (χ1) is 9.47. The lowest BCUT2D eigenvalue weighted by atomic mass is 10.2. The van der Waals surface area contributed by atoms with Crippen molar-refractivity contribution in [1.29, 1.82) is 0 Å². The molecule has 1 N–H and O–H groups in total. The van der Waals surface area contributed by atoms with E-state index in [4.69, 9.17) is 23.2 Å². The highest BCUT2D eigenvalue weighted by Gasteiger charge is 2.20. The molecule has 0 spiro atoms. The van der Waals surface area contributed by atoms with E-state index in [1.165, 1.54) is 6.07 Å². The van der Waals surface area contributed by atoms with E-state index in [1.807, 2.05) is 6.07 Å². The molecule has 0 aliphatic carbocycles. The first-order valence-electron chi connectivity index (χ1n) is 5.43. The van der Waals surface area contributed by atoms with Crippen LogP contribution in [0, 0.1) is 10.1 Å². The molecule has 5 nitrogen and oxygen atoms in total. The fourth-order valence-electron chi connectivity index (χ4n) is 1.51. The molecular formula is C12H8Cl2N2O3S. The molecule has 0 saturated carbocycles. The number of amides is 1. The van der Waals surface area contributed by atoms with Crippen LogP contribution >= 0.6 is 34.5 Å². The van der Waals surface area contributed by atoms with Crippen LogP contribution in [0.15, 0.2) is 30.3 Å². The quantitative estimate of drug-likeness (QED) is 0.682. The summed E-state index contributed by atoms with van der Waals surface area (Å²) in [6.45, 7) is 0.280. The normalized spacial score (nSPS) is 10.3. The van der Waals surface area contributed by atoms with Gasteiger partial charge in [0.1, 0.15) is 4.88 Å². The molecule has 2 aromatic rings. The van der Waals surface area contributed by atoms with Gasteiger partial charge in [-0.15, -0.1) is 11.3 Å². The van der Waals surface area contributed by atoms with Crippen molar-refractivity contribution in [3.63, 3.8) is 0 Å². The Balaban J connectivity index is 2.05. The second-order valence-corrected chi connectivity index (χ2v) is 5.93. The van der Waals surface area contributed by atoms with E-state index in [2.05, 4.69) is 5.32 Å². The lowest BCUT2D eigenvalue weighted by molar-refractivity contribution is -0.384. The van der Waals surface area contributed by atoms with Crippen molar-refractivity contribution in [3.8, 4) is 0 Å². The number of nitrogens with one attached hydrogen (secondary N) is 1. The largest absolute Gasteiger partial charge is 0.347 e. The van der Waals surface area contributed by atoms with Crippen molar-refractivity contribution < 1.29 is 9.72 Å². The third-order valence-corrected chi connectivity index (χ3v) is 4.00. The maximum Gasteiger partial charge on any atom is 0.299 e. The van der Waals surface area contributed by atoms with Gasteiger partial charge in [0.2, 0.25) is 0 Å². The average Bonchev–Trinajstić information content (AvgIpc) is 2.78. The number of rotatable bonds is 4. The monoisotopic (exact) mass is 330 g/mol. The molecule has 0 bridgehead atoms. The highest BCUT2D eigenvalue weighted by Crippen LogP contribution is 2.33. The van der Waals surface area contributed by atoms with Crippen LogP contribution in [0.2, 0.25) is 9.36 Å². The van der Waals surface area contributed by atoms with Gasteiger partial charge in [0.25, 0.3) is 11.6 Å². The molecule has 1 aromatic carbocycles. The van der Waals surface area contributed by atoms with Crippen LogP contribution in [0.3, 0.4) is 0 Å². The third-order valence-electron chi connectivity index (χ3n) is 2.43. The van der Waals surface area contributed by atoms with E-state index in [0.29, 0.717) is 5.02 Å². The second kappa shape index (κ2) is 6.21. The van der Waals surface area contributed by atoms with E-state index < -0.39 is 10.8 Å². The minimum absolute atomic E-state index is 0.0112. The number of benzene rings is 1. The van der Waals surface area contributed by atoms with Gasteiger partial charge in [-0.2, -0.15) is 0 Å². The number of nitro groups is 1. The Kier molecular flexibility index (Phi) is 4.59. The summed E-state index contributed by atoms with van der Waals surface area (Å²) in [5.74, 6) is -0.412. The molecule has 2 rings (SSSR count). The van der Waals surface area contributed by atoms with E-state index >= 15 is 0 Å². The van der Waals surface area contributed by atoms with Gasteiger partial charge in [-0.25, -0.2) is 0 Å². The Bertz CT molecular complexity index is 672. The van der Waals surface area contributed by atoms with Crippen molar-refractivity contribution in [1.82, 2.24) is 5.32 Å². The van der Waals surface area contributed by atoms with Crippen molar-refractivity contribution in [3.05, 3.63) is 60.2 Å². The summed E-state index contributed by atoms with van der Waals surface area (Å²) >= 11 is 12.4. The summed E-state index contributed by atoms with van der Waals surface area (Å²) in [4.78, 5) is 22.1. The zero-order chi connectivity index (χ0) is 14.7. The molecule has 1 heterocycles. The molecule has 0 aliphatic heterocycles. The molecule has 1 amide bonds. The van der Waals surface area contributed by atoms with Gasteiger partial charge in [0.15, 0.2) is 4.34 Å². The summed E-state index contributed by atoms with van der Waals surface area (Å²) in [5, 5.41) is 13.9. The average molecular weight is 331 g/mol. The third kappa shape index (κ3) is 3.47. The SMILES string of the molecule is O=C(NCc1cccc(Cl)c1)c1cc([N+](=O)[O-])c(Cl)s1. The number of halogens is 2. The molecule has 0 saturated heterocycles. The fraction of sp³-hybridized carbons (Fsp3) is 0.0833. The van der Waals surface area contributed by atoms with Crippen LogP contribution in [-0.4, -0.2) is 10.8 Å². The second-order valence-electron chi connectivity index (χ2n) is 3.84.